The smallest absolute Gasteiger partial charge is 0.0701 e. The molecule has 0 amide bonds. The molecule has 0 aliphatic carbocycles. The van der Waals surface area contributed by atoms with Crippen LogP contribution >= 0.6 is 11.6 Å². The average Bonchev–Trinajstić information content (AvgIpc) is 3.04. The second-order valence-electron chi connectivity index (χ2n) is 9.18. The van der Waals surface area contributed by atoms with Gasteiger partial charge in [-0.1, -0.05) is 12.8 Å². The van der Waals surface area contributed by atoms with Crippen LogP contribution in [0.25, 0.3) is 0 Å². The van der Waals surface area contributed by atoms with E-state index in [1.807, 2.05) is 0 Å². The van der Waals surface area contributed by atoms with Crippen LogP contribution in [0.15, 0.2) is 0 Å². The van der Waals surface area contributed by atoms with Crippen LogP contribution in [-0.2, 0) is 56.8 Å². The summed E-state index contributed by atoms with van der Waals surface area (Å²) in [6, 6.07) is 0. The third kappa shape index (κ3) is 41.8. The summed E-state index contributed by atoms with van der Waals surface area (Å²) in [4.78, 5) is 0. The van der Waals surface area contributed by atoms with Crippen molar-refractivity contribution in [3.8, 4) is 0 Å². The lowest BCUT2D eigenvalue weighted by Gasteiger charge is -2.09. The first-order chi connectivity index (χ1) is 21.9. The Hall–Kier alpha value is -0.230. The van der Waals surface area contributed by atoms with E-state index in [0.29, 0.717) is 152 Å². The number of halogens is 1. The van der Waals surface area contributed by atoms with E-state index in [1.54, 1.807) is 0 Å². The maximum absolute atomic E-state index is 8.57. The summed E-state index contributed by atoms with van der Waals surface area (Å²) < 4.78 is 65.1. The zero-order valence-electron chi connectivity index (χ0n) is 26.9. The number of aliphatic hydroxyl groups excluding tert-OH is 1. The zero-order chi connectivity index (χ0) is 31.7. The summed E-state index contributed by atoms with van der Waals surface area (Å²) in [5.74, 6) is 0.742. The molecule has 0 fully saturated rings. The van der Waals surface area contributed by atoms with Gasteiger partial charge < -0.3 is 61.9 Å². The van der Waals surface area contributed by atoms with Crippen molar-refractivity contribution in [2.24, 2.45) is 0 Å². The highest BCUT2D eigenvalue weighted by Crippen LogP contribution is 2.01. The van der Waals surface area contributed by atoms with Crippen molar-refractivity contribution in [2.45, 2.75) is 25.7 Å². The first kappa shape index (κ1) is 43.8. The van der Waals surface area contributed by atoms with Crippen molar-refractivity contribution in [3.63, 3.8) is 0 Å². The maximum atomic E-state index is 8.57. The van der Waals surface area contributed by atoms with Crippen molar-refractivity contribution in [1.82, 2.24) is 0 Å². The molecule has 0 bridgehead atoms. The van der Waals surface area contributed by atoms with Gasteiger partial charge in [0.2, 0.25) is 0 Å². The SMILES string of the molecule is OCCOCCOCCOCCOCCOCCOCCOCCOCCOCCOCCOCCOCCCCCCCl. The predicted octanol–water partition coefficient (Wildman–Crippen LogP) is 1.98. The van der Waals surface area contributed by atoms with Crippen LogP contribution in [0.2, 0.25) is 0 Å². The van der Waals surface area contributed by atoms with Crippen LogP contribution in [0, 0.1) is 0 Å². The van der Waals surface area contributed by atoms with E-state index in [9.17, 15) is 0 Å². The average molecular weight is 665 g/mol. The van der Waals surface area contributed by atoms with Crippen LogP contribution in [0.3, 0.4) is 0 Å². The molecule has 0 heterocycles. The third-order valence-corrected chi connectivity index (χ3v) is 5.77. The second kappa shape index (κ2) is 42.8. The summed E-state index contributed by atoms with van der Waals surface area (Å²) in [7, 11) is 0. The van der Waals surface area contributed by atoms with Crippen LogP contribution < -0.4 is 0 Å². The van der Waals surface area contributed by atoms with Gasteiger partial charge in [-0.2, -0.15) is 0 Å². The number of aliphatic hydroxyl groups is 1. The summed E-state index contributed by atoms with van der Waals surface area (Å²) in [6.07, 6.45) is 4.49. The van der Waals surface area contributed by atoms with Crippen molar-refractivity contribution >= 4 is 11.6 Å². The molecule has 0 aliphatic rings. The quantitative estimate of drug-likeness (QED) is 0.0756. The molecule has 44 heavy (non-hydrogen) atoms. The molecule has 1 N–H and O–H groups in total. The van der Waals surface area contributed by atoms with E-state index in [2.05, 4.69) is 0 Å². The summed E-state index contributed by atoms with van der Waals surface area (Å²) in [5, 5.41) is 8.57. The molecule has 0 saturated heterocycles. The topological polar surface area (TPSA) is 131 Å². The van der Waals surface area contributed by atoms with Crippen molar-refractivity contribution in [2.75, 3.05) is 171 Å². The second-order valence-corrected chi connectivity index (χ2v) is 9.55. The van der Waals surface area contributed by atoms with Gasteiger partial charge >= 0.3 is 0 Å². The molecule has 0 aliphatic heterocycles. The first-order valence-electron chi connectivity index (χ1n) is 16.0. The Bertz CT molecular complexity index is 456. The van der Waals surface area contributed by atoms with Gasteiger partial charge in [-0.05, 0) is 12.8 Å². The molecule has 0 saturated carbocycles. The molecule has 0 radical (unpaired) electrons. The lowest BCUT2D eigenvalue weighted by atomic mass is 10.2. The highest BCUT2D eigenvalue weighted by Gasteiger charge is 1.97. The lowest BCUT2D eigenvalue weighted by Crippen LogP contribution is -2.15. The molecule has 0 aromatic heterocycles. The fraction of sp³-hybridized carbons (Fsp3) is 1.00. The molecule has 13 nitrogen and oxygen atoms in total. The molecular formula is C30H61ClO13. The Morgan fingerprint density at radius 2 is 0.455 bits per heavy atom. The zero-order valence-corrected chi connectivity index (χ0v) is 27.7. The Morgan fingerprint density at radius 3 is 0.682 bits per heavy atom. The van der Waals surface area contributed by atoms with Gasteiger partial charge in [0.25, 0.3) is 0 Å². The molecule has 266 valence electrons. The Morgan fingerprint density at radius 1 is 0.250 bits per heavy atom. The van der Waals surface area contributed by atoms with Gasteiger partial charge in [0.15, 0.2) is 0 Å². The minimum absolute atomic E-state index is 0.0258. The number of hydrogen-bond donors (Lipinski definition) is 1. The van der Waals surface area contributed by atoms with E-state index in [-0.39, 0.29) is 6.61 Å². The van der Waals surface area contributed by atoms with Gasteiger partial charge in [0.05, 0.1) is 159 Å². The normalized spacial score (nSPS) is 11.6. The molecular weight excluding hydrogens is 604 g/mol. The largest absolute Gasteiger partial charge is 0.394 e. The molecule has 14 heteroatoms. The fourth-order valence-corrected chi connectivity index (χ4v) is 3.43. The minimum Gasteiger partial charge on any atom is -0.394 e. The van der Waals surface area contributed by atoms with Crippen molar-refractivity contribution in [1.29, 1.82) is 0 Å². The highest BCUT2D eigenvalue weighted by molar-refractivity contribution is 6.17. The number of hydrogen-bond acceptors (Lipinski definition) is 13. The number of rotatable bonds is 41. The van der Waals surface area contributed by atoms with Crippen LogP contribution in [-0.4, -0.2) is 176 Å². The van der Waals surface area contributed by atoms with Crippen molar-refractivity contribution in [3.05, 3.63) is 0 Å². The molecule has 0 atom stereocenters. The monoisotopic (exact) mass is 664 g/mol. The van der Waals surface area contributed by atoms with Gasteiger partial charge in [0.1, 0.15) is 0 Å². The van der Waals surface area contributed by atoms with E-state index in [0.717, 1.165) is 25.3 Å². The Kier molecular flexibility index (Phi) is 42.5. The number of unbranched alkanes of at least 4 members (excludes halogenated alkanes) is 3. The maximum Gasteiger partial charge on any atom is 0.0701 e. The lowest BCUT2D eigenvalue weighted by molar-refractivity contribution is -0.0286. The molecule has 0 unspecified atom stereocenters. The van der Waals surface area contributed by atoms with Gasteiger partial charge in [-0.25, -0.2) is 0 Å². The van der Waals surface area contributed by atoms with Crippen LogP contribution in [0.5, 0.6) is 0 Å². The van der Waals surface area contributed by atoms with Gasteiger partial charge in [0, 0.05) is 12.5 Å². The highest BCUT2D eigenvalue weighted by atomic mass is 35.5. The third-order valence-electron chi connectivity index (χ3n) is 5.50. The predicted molar refractivity (Wildman–Crippen MR) is 166 cm³/mol. The van der Waals surface area contributed by atoms with Crippen molar-refractivity contribution < 1.29 is 61.9 Å². The summed E-state index contributed by atoms with van der Waals surface area (Å²) in [6.45, 7) is 12.6. The van der Waals surface area contributed by atoms with Crippen LogP contribution in [0.1, 0.15) is 25.7 Å². The van der Waals surface area contributed by atoms with E-state index < -0.39 is 0 Å². The van der Waals surface area contributed by atoms with E-state index >= 15 is 0 Å². The van der Waals surface area contributed by atoms with E-state index in [1.165, 1.54) is 12.8 Å². The number of ether oxygens (including phenoxy) is 12. The van der Waals surface area contributed by atoms with E-state index in [4.69, 9.17) is 73.5 Å². The summed E-state index contributed by atoms with van der Waals surface area (Å²) >= 11 is 5.65. The molecule has 0 rings (SSSR count). The first-order valence-corrected chi connectivity index (χ1v) is 16.5. The minimum atomic E-state index is 0.0258. The standard InChI is InChI=1S/C30H61ClO13/c31-5-3-1-2-4-7-33-9-11-35-13-15-37-17-19-39-21-23-41-25-27-43-29-30-44-28-26-42-24-22-40-20-18-38-16-14-36-12-10-34-8-6-32/h32H,1-30H2. The van der Waals surface area contributed by atoms with Gasteiger partial charge in [-0.3, -0.25) is 0 Å². The summed E-state index contributed by atoms with van der Waals surface area (Å²) in [5.41, 5.74) is 0. The Balaban J connectivity index is 3.03. The molecule has 0 spiro atoms. The number of alkyl halides is 1. The fourth-order valence-electron chi connectivity index (χ4n) is 3.24. The Labute approximate surface area is 270 Å². The van der Waals surface area contributed by atoms with Crippen LogP contribution in [0.4, 0.5) is 0 Å². The van der Waals surface area contributed by atoms with Gasteiger partial charge in [-0.15, -0.1) is 11.6 Å². The molecule has 0 aromatic rings. The molecule has 0 aromatic carbocycles.